The summed E-state index contributed by atoms with van der Waals surface area (Å²) in [5.74, 6) is -0.248. The van der Waals surface area contributed by atoms with Gasteiger partial charge in [-0.15, -0.1) is 0 Å². The molecular formula is C14H17NO2. The van der Waals surface area contributed by atoms with Crippen LogP contribution in [-0.2, 0) is 15.0 Å². The Labute approximate surface area is 101 Å². The summed E-state index contributed by atoms with van der Waals surface area (Å²) in [7, 11) is 0. The molecule has 1 saturated heterocycles. The summed E-state index contributed by atoms with van der Waals surface area (Å²) in [6.45, 7) is 5.97. The van der Waals surface area contributed by atoms with E-state index in [9.17, 15) is 9.59 Å². The van der Waals surface area contributed by atoms with E-state index in [4.69, 9.17) is 0 Å². The molecule has 1 heterocycles. The number of amides is 2. The van der Waals surface area contributed by atoms with E-state index in [0.29, 0.717) is 0 Å². The minimum absolute atomic E-state index is 0.0941. The first-order valence-corrected chi connectivity index (χ1v) is 5.88. The normalized spacial score (nSPS) is 24.2. The Balaban J connectivity index is 2.52. The average molecular weight is 231 g/mol. The third-order valence-corrected chi connectivity index (χ3v) is 3.65. The maximum atomic E-state index is 12.1. The molecule has 1 atom stereocenters. The molecular weight excluding hydrogens is 214 g/mol. The molecule has 1 aromatic carbocycles. The Hall–Kier alpha value is -1.64. The zero-order valence-corrected chi connectivity index (χ0v) is 10.4. The Morgan fingerprint density at radius 3 is 2.18 bits per heavy atom. The van der Waals surface area contributed by atoms with Gasteiger partial charge in [0.1, 0.15) is 0 Å². The molecule has 0 bridgehead atoms. The molecule has 0 saturated carbocycles. The zero-order valence-electron chi connectivity index (χ0n) is 10.4. The van der Waals surface area contributed by atoms with Crippen LogP contribution in [0.25, 0.3) is 0 Å². The van der Waals surface area contributed by atoms with E-state index in [1.807, 2.05) is 45.0 Å². The number of aryl methyl sites for hydroxylation is 1. The fourth-order valence-corrected chi connectivity index (χ4v) is 2.50. The van der Waals surface area contributed by atoms with Gasteiger partial charge < -0.3 is 0 Å². The minimum atomic E-state index is -0.690. The fourth-order valence-electron chi connectivity index (χ4n) is 2.50. The quantitative estimate of drug-likeness (QED) is 0.791. The van der Waals surface area contributed by atoms with Crippen LogP contribution in [-0.4, -0.2) is 11.8 Å². The van der Waals surface area contributed by atoms with Crippen LogP contribution in [0.2, 0.25) is 0 Å². The van der Waals surface area contributed by atoms with Crippen LogP contribution in [0.4, 0.5) is 0 Å². The molecule has 1 fully saturated rings. The van der Waals surface area contributed by atoms with Crippen LogP contribution >= 0.6 is 0 Å². The molecule has 1 N–H and O–H groups in total. The van der Waals surface area contributed by atoms with E-state index in [0.717, 1.165) is 11.1 Å². The molecule has 0 aromatic heterocycles. The first-order chi connectivity index (χ1) is 7.96. The minimum Gasteiger partial charge on any atom is -0.296 e. The second-order valence-corrected chi connectivity index (χ2v) is 5.05. The lowest BCUT2D eigenvalue weighted by Crippen LogP contribution is -2.40. The summed E-state index contributed by atoms with van der Waals surface area (Å²) in [5.41, 5.74) is 1.39. The summed E-state index contributed by atoms with van der Waals surface area (Å²) >= 11 is 0. The lowest BCUT2D eigenvalue weighted by atomic mass is 9.70. The van der Waals surface area contributed by atoms with Gasteiger partial charge >= 0.3 is 0 Å². The molecule has 17 heavy (non-hydrogen) atoms. The van der Waals surface area contributed by atoms with Crippen molar-refractivity contribution in [1.82, 2.24) is 5.32 Å². The highest BCUT2D eigenvalue weighted by molar-refractivity contribution is 6.09. The van der Waals surface area contributed by atoms with Crippen LogP contribution in [0.3, 0.4) is 0 Å². The highest BCUT2D eigenvalue weighted by atomic mass is 16.2. The highest BCUT2D eigenvalue weighted by Crippen LogP contribution is 2.39. The van der Waals surface area contributed by atoms with Gasteiger partial charge in [0.2, 0.25) is 11.8 Å². The second kappa shape index (κ2) is 3.99. The fraction of sp³-hybridized carbons (Fsp3) is 0.429. The molecule has 0 radical (unpaired) electrons. The van der Waals surface area contributed by atoms with Crippen molar-refractivity contribution in [3.8, 4) is 0 Å². The predicted molar refractivity (Wildman–Crippen MR) is 65.5 cm³/mol. The van der Waals surface area contributed by atoms with Crippen molar-refractivity contribution < 1.29 is 9.59 Å². The van der Waals surface area contributed by atoms with Gasteiger partial charge in [0.25, 0.3) is 0 Å². The molecule has 1 aliphatic heterocycles. The Morgan fingerprint density at radius 1 is 1.18 bits per heavy atom. The number of rotatable bonds is 2. The first kappa shape index (κ1) is 11.8. The molecule has 1 aromatic rings. The average Bonchev–Trinajstić information content (AvgIpc) is 2.56. The van der Waals surface area contributed by atoms with Crippen LogP contribution in [0.1, 0.15) is 31.4 Å². The van der Waals surface area contributed by atoms with E-state index in [2.05, 4.69) is 5.32 Å². The number of nitrogens with one attached hydrogen (secondary N) is 1. The first-order valence-electron chi connectivity index (χ1n) is 5.88. The molecule has 3 nitrogen and oxygen atoms in total. The van der Waals surface area contributed by atoms with Gasteiger partial charge in [0.15, 0.2) is 0 Å². The van der Waals surface area contributed by atoms with Crippen molar-refractivity contribution >= 4 is 11.8 Å². The standard InChI is InChI=1S/C14H17NO2/c1-9(2)14(8-12(16)15-13(14)17)11-6-4-10(3)5-7-11/h4-7,9H,8H2,1-3H3,(H,15,16,17). The maximum Gasteiger partial charge on any atom is 0.237 e. The number of hydrogen-bond acceptors (Lipinski definition) is 2. The summed E-state index contributed by atoms with van der Waals surface area (Å²) in [5, 5.41) is 2.42. The van der Waals surface area contributed by atoms with Crippen LogP contribution in [0, 0.1) is 12.8 Å². The summed E-state index contributed by atoms with van der Waals surface area (Å²) in [6, 6.07) is 7.87. The van der Waals surface area contributed by atoms with Crippen molar-refractivity contribution in [2.75, 3.05) is 0 Å². The highest BCUT2D eigenvalue weighted by Gasteiger charge is 2.50. The van der Waals surface area contributed by atoms with Crippen molar-refractivity contribution in [2.24, 2.45) is 5.92 Å². The molecule has 1 aliphatic rings. The summed E-state index contributed by atoms with van der Waals surface area (Å²) in [6.07, 6.45) is 0.257. The molecule has 1 unspecified atom stereocenters. The van der Waals surface area contributed by atoms with Gasteiger partial charge in [-0.25, -0.2) is 0 Å². The van der Waals surface area contributed by atoms with Gasteiger partial charge in [-0.05, 0) is 18.4 Å². The van der Waals surface area contributed by atoms with E-state index in [-0.39, 0.29) is 24.2 Å². The number of carbonyl (C=O) groups excluding carboxylic acids is 2. The van der Waals surface area contributed by atoms with Gasteiger partial charge in [-0.1, -0.05) is 43.7 Å². The van der Waals surface area contributed by atoms with Crippen molar-refractivity contribution in [2.45, 2.75) is 32.6 Å². The monoisotopic (exact) mass is 231 g/mol. The van der Waals surface area contributed by atoms with Crippen molar-refractivity contribution in [3.63, 3.8) is 0 Å². The van der Waals surface area contributed by atoms with Crippen LogP contribution < -0.4 is 5.32 Å². The molecule has 2 rings (SSSR count). The molecule has 0 spiro atoms. The number of hydrogen-bond donors (Lipinski definition) is 1. The van der Waals surface area contributed by atoms with Gasteiger partial charge in [0.05, 0.1) is 5.41 Å². The lowest BCUT2D eigenvalue weighted by molar-refractivity contribution is -0.127. The Bertz CT molecular complexity index is 462. The second-order valence-electron chi connectivity index (χ2n) is 5.05. The van der Waals surface area contributed by atoms with Gasteiger partial charge in [-0.3, -0.25) is 14.9 Å². The SMILES string of the molecule is Cc1ccc(C2(C(C)C)CC(=O)NC2=O)cc1. The van der Waals surface area contributed by atoms with Crippen molar-refractivity contribution in [3.05, 3.63) is 35.4 Å². The molecule has 2 amide bonds. The van der Waals surface area contributed by atoms with E-state index < -0.39 is 5.41 Å². The topological polar surface area (TPSA) is 46.2 Å². The van der Waals surface area contributed by atoms with E-state index in [1.165, 1.54) is 0 Å². The molecule has 3 heteroatoms. The van der Waals surface area contributed by atoms with Crippen LogP contribution in [0.5, 0.6) is 0 Å². The van der Waals surface area contributed by atoms with Gasteiger partial charge in [0, 0.05) is 6.42 Å². The molecule has 0 aliphatic carbocycles. The molecule has 90 valence electrons. The van der Waals surface area contributed by atoms with E-state index >= 15 is 0 Å². The van der Waals surface area contributed by atoms with Crippen LogP contribution in [0.15, 0.2) is 24.3 Å². The van der Waals surface area contributed by atoms with Crippen molar-refractivity contribution in [1.29, 1.82) is 0 Å². The third-order valence-electron chi connectivity index (χ3n) is 3.65. The Morgan fingerprint density at radius 2 is 1.76 bits per heavy atom. The predicted octanol–water partition coefficient (Wildman–Crippen LogP) is 1.94. The summed E-state index contributed by atoms with van der Waals surface area (Å²) in [4.78, 5) is 23.6. The van der Waals surface area contributed by atoms with E-state index in [1.54, 1.807) is 0 Å². The van der Waals surface area contributed by atoms with Gasteiger partial charge in [-0.2, -0.15) is 0 Å². The number of benzene rings is 1. The Kier molecular flexibility index (Phi) is 2.77. The maximum absolute atomic E-state index is 12.1. The third kappa shape index (κ3) is 1.75. The number of carbonyl (C=O) groups is 2. The zero-order chi connectivity index (χ0) is 12.6. The lowest BCUT2D eigenvalue weighted by Gasteiger charge is -2.30. The summed E-state index contributed by atoms with van der Waals surface area (Å²) < 4.78 is 0. The number of imide groups is 1. The smallest absolute Gasteiger partial charge is 0.237 e. The largest absolute Gasteiger partial charge is 0.296 e.